The maximum Gasteiger partial charge on any atom is 0.224 e. The number of amides is 1. The lowest BCUT2D eigenvalue weighted by molar-refractivity contribution is -0.125. The van der Waals surface area contributed by atoms with Crippen molar-refractivity contribution in [2.24, 2.45) is 5.92 Å². The molecule has 2 fully saturated rings. The summed E-state index contributed by atoms with van der Waals surface area (Å²) < 4.78 is 1.97. The first-order chi connectivity index (χ1) is 16.7. The first kappa shape index (κ1) is 23.0. The minimum absolute atomic E-state index is 0.00963. The quantitative estimate of drug-likeness (QED) is 0.535. The molecule has 1 aromatic carbocycles. The lowest BCUT2D eigenvalue weighted by Gasteiger charge is -2.35. The summed E-state index contributed by atoms with van der Waals surface area (Å²) in [5, 5.41) is 13.6. The van der Waals surface area contributed by atoms with E-state index in [1.807, 2.05) is 29.1 Å². The molecule has 0 unspecified atom stereocenters. The lowest BCUT2D eigenvalue weighted by atomic mass is 9.97. The normalized spacial score (nSPS) is 19.9. The molecule has 4 heterocycles. The molecule has 2 aromatic heterocycles. The molecule has 2 aliphatic heterocycles. The Morgan fingerprint density at radius 3 is 2.47 bits per heavy atom. The third-order valence-corrected chi connectivity index (χ3v) is 7.73. The van der Waals surface area contributed by atoms with Crippen LogP contribution in [0.3, 0.4) is 0 Å². The molecule has 0 bridgehead atoms. The zero-order valence-corrected chi connectivity index (χ0v) is 20.4. The Kier molecular flexibility index (Phi) is 7.52. The highest BCUT2D eigenvalue weighted by Gasteiger charge is 2.28. The van der Waals surface area contributed by atoms with Crippen molar-refractivity contribution in [3.05, 3.63) is 60.4 Å². The molecule has 180 valence electrons. The van der Waals surface area contributed by atoms with E-state index < -0.39 is 0 Å². The summed E-state index contributed by atoms with van der Waals surface area (Å²) in [4.78, 5) is 20.0. The van der Waals surface area contributed by atoms with Crippen LogP contribution in [0.25, 0.3) is 5.13 Å². The average Bonchev–Trinajstić information content (AvgIpc) is 3.58. The highest BCUT2D eigenvalue weighted by molar-refractivity contribution is 7.17. The van der Waals surface area contributed by atoms with Crippen molar-refractivity contribution in [1.29, 1.82) is 0 Å². The number of aromatic nitrogens is 3. The van der Waals surface area contributed by atoms with Crippen molar-refractivity contribution < 1.29 is 4.79 Å². The van der Waals surface area contributed by atoms with Crippen LogP contribution in [0.4, 0.5) is 5.13 Å². The van der Waals surface area contributed by atoms with Crippen LogP contribution in [0.2, 0.25) is 0 Å². The molecule has 1 atom stereocenters. The van der Waals surface area contributed by atoms with E-state index in [1.165, 1.54) is 5.56 Å². The molecule has 5 rings (SSSR count). The summed E-state index contributed by atoms with van der Waals surface area (Å²) in [6, 6.07) is 14.6. The molecule has 0 spiro atoms. The van der Waals surface area contributed by atoms with Crippen molar-refractivity contribution in [3.8, 4) is 5.13 Å². The number of hydrogen-bond acceptors (Lipinski definition) is 7. The van der Waals surface area contributed by atoms with Crippen LogP contribution in [0, 0.1) is 5.92 Å². The molecule has 8 nitrogen and oxygen atoms in total. The Hall–Kier alpha value is -2.75. The largest absolute Gasteiger partial charge is 0.355 e. The van der Waals surface area contributed by atoms with E-state index >= 15 is 0 Å². The van der Waals surface area contributed by atoms with Crippen molar-refractivity contribution in [2.75, 3.05) is 57.3 Å². The first-order valence-corrected chi connectivity index (χ1v) is 13.0. The van der Waals surface area contributed by atoms with E-state index in [9.17, 15) is 4.79 Å². The molecule has 1 amide bonds. The zero-order chi connectivity index (χ0) is 23.2. The van der Waals surface area contributed by atoms with Gasteiger partial charge in [-0.2, -0.15) is 0 Å². The first-order valence-electron chi connectivity index (χ1n) is 12.2. The van der Waals surface area contributed by atoms with E-state index in [4.69, 9.17) is 0 Å². The van der Waals surface area contributed by atoms with Gasteiger partial charge in [-0.15, -0.1) is 10.2 Å². The fraction of sp³-hybridized carbons (Fsp3) is 0.480. The minimum atomic E-state index is 0.00963. The second-order valence-electron chi connectivity index (χ2n) is 9.14. The van der Waals surface area contributed by atoms with Crippen molar-refractivity contribution in [1.82, 2.24) is 29.9 Å². The van der Waals surface area contributed by atoms with E-state index in [0.717, 1.165) is 68.9 Å². The fourth-order valence-electron chi connectivity index (χ4n) is 4.76. The number of carbonyl (C=O) groups is 1. The Morgan fingerprint density at radius 1 is 0.941 bits per heavy atom. The molecule has 0 saturated carbocycles. The molecule has 1 N–H and O–H groups in total. The van der Waals surface area contributed by atoms with Gasteiger partial charge in [0.25, 0.3) is 0 Å². The Labute approximate surface area is 205 Å². The van der Waals surface area contributed by atoms with Crippen LogP contribution < -0.4 is 10.2 Å². The van der Waals surface area contributed by atoms with Gasteiger partial charge in [0.05, 0.1) is 5.92 Å². The number of hydrogen-bond donors (Lipinski definition) is 1. The van der Waals surface area contributed by atoms with Crippen molar-refractivity contribution in [2.45, 2.75) is 19.4 Å². The van der Waals surface area contributed by atoms with Gasteiger partial charge in [0.1, 0.15) is 0 Å². The molecule has 0 aliphatic carbocycles. The maximum atomic E-state index is 12.9. The van der Waals surface area contributed by atoms with Crippen LogP contribution in [-0.4, -0.2) is 82.8 Å². The fourth-order valence-corrected chi connectivity index (χ4v) is 5.61. The highest BCUT2D eigenvalue weighted by Crippen LogP contribution is 2.27. The number of anilines is 1. The third-order valence-electron chi connectivity index (χ3n) is 6.73. The predicted octanol–water partition coefficient (Wildman–Crippen LogP) is 2.48. The molecular weight excluding hydrogens is 446 g/mol. The number of benzene rings is 1. The van der Waals surface area contributed by atoms with Crippen LogP contribution in [0.15, 0.2) is 54.9 Å². The Balaban J connectivity index is 1.03. The summed E-state index contributed by atoms with van der Waals surface area (Å²) >= 11 is 1.57. The van der Waals surface area contributed by atoms with E-state index in [2.05, 4.69) is 60.5 Å². The minimum Gasteiger partial charge on any atom is -0.355 e. The van der Waals surface area contributed by atoms with E-state index in [0.29, 0.717) is 13.1 Å². The van der Waals surface area contributed by atoms with Gasteiger partial charge in [0.2, 0.25) is 16.2 Å². The summed E-state index contributed by atoms with van der Waals surface area (Å²) in [6.45, 7) is 8.55. The lowest BCUT2D eigenvalue weighted by Crippen LogP contribution is -2.49. The number of piperazine rings is 1. The van der Waals surface area contributed by atoms with Gasteiger partial charge in [-0.3, -0.25) is 19.2 Å². The number of nitrogens with one attached hydrogen (secondary N) is 1. The molecule has 0 radical (unpaired) electrons. The molecule has 2 saturated heterocycles. The van der Waals surface area contributed by atoms with Crippen molar-refractivity contribution >= 4 is 22.4 Å². The SMILES string of the molecule is O=C(NCCN1CCN(Cc2ccccc2)CC1)[C@@H]1CCCN(c2nnc(-n3cccc3)s2)C1. The summed E-state index contributed by atoms with van der Waals surface area (Å²) in [5.41, 5.74) is 1.37. The van der Waals surface area contributed by atoms with Gasteiger partial charge in [0, 0.05) is 71.3 Å². The maximum absolute atomic E-state index is 12.9. The monoisotopic (exact) mass is 479 g/mol. The number of rotatable bonds is 8. The number of carbonyl (C=O) groups excluding carboxylic acids is 1. The Bertz CT molecular complexity index is 1030. The second kappa shape index (κ2) is 11.1. The average molecular weight is 480 g/mol. The van der Waals surface area contributed by atoms with Gasteiger partial charge in [-0.1, -0.05) is 41.7 Å². The highest BCUT2D eigenvalue weighted by atomic mass is 32.1. The van der Waals surface area contributed by atoms with Crippen LogP contribution in [-0.2, 0) is 11.3 Å². The molecule has 2 aliphatic rings. The standard InChI is InChI=1S/C25H33N7OS/c33-23(26-10-14-29-15-17-30(18-16-29)19-21-7-2-1-3-8-21)22-9-6-13-32(20-22)25-28-27-24(34-25)31-11-4-5-12-31/h1-5,7-8,11-12,22H,6,9-10,13-20H2,(H,26,33)/t22-/m1/s1. The topological polar surface area (TPSA) is 69.5 Å². The van der Waals surface area contributed by atoms with Crippen molar-refractivity contribution in [3.63, 3.8) is 0 Å². The second-order valence-corrected chi connectivity index (χ2v) is 10.1. The van der Waals surface area contributed by atoms with Gasteiger partial charge in [0.15, 0.2) is 0 Å². The molecule has 3 aromatic rings. The number of piperidine rings is 1. The predicted molar refractivity (Wildman–Crippen MR) is 135 cm³/mol. The molecular formula is C25H33N7OS. The summed E-state index contributed by atoms with van der Waals surface area (Å²) in [5.74, 6) is 0.179. The number of nitrogens with zero attached hydrogens (tertiary/aromatic N) is 6. The Morgan fingerprint density at radius 2 is 1.68 bits per heavy atom. The van der Waals surface area contributed by atoms with Gasteiger partial charge < -0.3 is 10.2 Å². The van der Waals surface area contributed by atoms with Gasteiger partial charge in [-0.05, 0) is 30.5 Å². The third kappa shape index (κ3) is 5.84. The van der Waals surface area contributed by atoms with Crippen LogP contribution in [0.1, 0.15) is 18.4 Å². The summed E-state index contributed by atoms with van der Waals surface area (Å²) in [6.07, 6.45) is 5.88. The molecule has 9 heteroatoms. The van der Waals surface area contributed by atoms with Crippen LogP contribution >= 0.6 is 11.3 Å². The van der Waals surface area contributed by atoms with Gasteiger partial charge >= 0.3 is 0 Å². The van der Waals surface area contributed by atoms with Crippen LogP contribution in [0.5, 0.6) is 0 Å². The van der Waals surface area contributed by atoms with E-state index in [1.54, 1.807) is 11.3 Å². The van der Waals surface area contributed by atoms with Gasteiger partial charge in [-0.25, -0.2) is 0 Å². The smallest absolute Gasteiger partial charge is 0.224 e. The zero-order valence-electron chi connectivity index (χ0n) is 19.6. The summed E-state index contributed by atoms with van der Waals surface area (Å²) in [7, 11) is 0. The molecule has 34 heavy (non-hydrogen) atoms. The van der Waals surface area contributed by atoms with E-state index in [-0.39, 0.29) is 11.8 Å².